The van der Waals surface area contributed by atoms with Gasteiger partial charge in [-0.05, 0) is 37.3 Å². The highest BCUT2D eigenvalue weighted by atomic mass is 19.1. The molecule has 2 aliphatic heterocycles. The zero-order valence-electron chi connectivity index (χ0n) is 17.4. The molecular weight excluding hydrogens is 395 g/mol. The number of benzene rings is 3. The van der Waals surface area contributed by atoms with E-state index in [9.17, 15) is 4.39 Å². The van der Waals surface area contributed by atoms with Gasteiger partial charge in [0.25, 0.3) is 0 Å². The molecule has 31 heavy (non-hydrogen) atoms. The molecule has 0 unspecified atom stereocenters. The number of hydrogen-bond acceptors (Lipinski definition) is 5. The van der Waals surface area contributed by atoms with Gasteiger partial charge in [0.1, 0.15) is 11.6 Å². The molecule has 0 bridgehead atoms. The minimum Gasteiger partial charge on any atom is -0.497 e. The molecule has 0 saturated carbocycles. The lowest BCUT2D eigenvalue weighted by atomic mass is 9.95. The fourth-order valence-electron chi connectivity index (χ4n) is 4.21. The number of methoxy groups -OCH3 is 1. The van der Waals surface area contributed by atoms with Crippen molar-refractivity contribution in [3.63, 3.8) is 0 Å². The van der Waals surface area contributed by atoms with E-state index < -0.39 is 6.23 Å². The largest absolute Gasteiger partial charge is 0.497 e. The molecule has 0 spiro atoms. The standard InChI is InChI=1S/C25H23FN2O3/c1-3-30-23-12-6-11-20-22-15-21(16-7-5-10-19(14-16)29-2)27-28(22)25(31-24(20)23)17-8-4-9-18(26)13-17/h4-14,22,25H,3,15H2,1-2H3/t22-,25-/m1/s1. The minimum absolute atomic E-state index is 0.0429. The fourth-order valence-corrected chi connectivity index (χ4v) is 4.21. The van der Waals surface area contributed by atoms with E-state index in [1.54, 1.807) is 13.2 Å². The summed E-state index contributed by atoms with van der Waals surface area (Å²) in [6.07, 6.45) is 0.142. The molecule has 2 heterocycles. The Hall–Kier alpha value is -3.54. The average Bonchev–Trinajstić information content (AvgIpc) is 3.25. The Bertz CT molecular complexity index is 1150. The van der Waals surface area contributed by atoms with Crippen LogP contribution in [0.5, 0.6) is 17.2 Å². The van der Waals surface area contributed by atoms with E-state index in [1.807, 2.05) is 60.5 Å². The molecule has 158 valence electrons. The minimum atomic E-state index is -0.557. The summed E-state index contributed by atoms with van der Waals surface area (Å²) in [5.41, 5.74) is 3.65. The van der Waals surface area contributed by atoms with Crippen LogP contribution in [-0.2, 0) is 0 Å². The third-order valence-corrected chi connectivity index (χ3v) is 5.62. The fraction of sp³-hybridized carbons (Fsp3) is 0.240. The molecule has 3 aromatic rings. The van der Waals surface area contributed by atoms with Crippen molar-refractivity contribution in [1.29, 1.82) is 0 Å². The van der Waals surface area contributed by atoms with Crippen molar-refractivity contribution < 1.29 is 18.6 Å². The lowest BCUT2D eigenvalue weighted by Gasteiger charge is -2.38. The number of rotatable bonds is 5. The predicted octanol–water partition coefficient (Wildman–Crippen LogP) is 5.48. The van der Waals surface area contributed by atoms with Crippen molar-refractivity contribution in [3.8, 4) is 17.2 Å². The Kier molecular flexibility index (Phi) is 4.98. The van der Waals surface area contributed by atoms with Crippen LogP contribution in [0.2, 0.25) is 0 Å². The van der Waals surface area contributed by atoms with Crippen molar-refractivity contribution in [3.05, 3.63) is 89.2 Å². The Morgan fingerprint density at radius 3 is 2.74 bits per heavy atom. The quantitative estimate of drug-likeness (QED) is 0.551. The van der Waals surface area contributed by atoms with Crippen LogP contribution in [0.25, 0.3) is 0 Å². The maximum absolute atomic E-state index is 14.0. The van der Waals surface area contributed by atoms with Gasteiger partial charge < -0.3 is 14.2 Å². The molecule has 2 aliphatic rings. The van der Waals surface area contributed by atoms with Gasteiger partial charge >= 0.3 is 0 Å². The Morgan fingerprint density at radius 1 is 1.10 bits per heavy atom. The smallest absolute Gasteiger partial charge is 0.214 e. The van der Waals surface area contributed by atoms with Gasteiger partial charge in [0.05, 0.1) is 25.5 Å². The molecule has 5 rings (SSSR count). The van der Waals surface area contributed by atoms with Gasteiger partial charge in [0.15, 0.2) is 11.5 Å². The number of para-hydroxylation sites is 1. The van der Waals surface area contributed by atoms with Gasteiger partial charge in [-0.3, -0.25) is 0 Å². The van der Waals surface area contributed by atoms with Crippen LogP contribution in [0.4, 0.5) is 4.39 Å². The molecule has 5 nitrogen and oxygen atoms in total. The Labute approximate surface area is 180 Å². The van der Waals surface area contributed by atoms with Crippen molar-refractivity contribution in [1.82, 2.24) is 5.01 Å². The molecule has 0 aliphatic carbocycles. The number of nitrogens with zero attached hydrogens (tertiary/aromatic N) is 2. The summed E-state index contributed by atoms with van der Waals surface area (Å²) in [5.74, 6) is 1.86. The first-order chi connectivity index (χ1) is 15.2. The summed E-state index contributed by atoms with van der Waals surface area (Å²) in [4.78, 5) is 0. The predicted molar refractivity (Wildman–Crippen MR) is 116 cm³/mol. The van der Waals surface area contributed by atoms with Gasteiger partial charge in [-0.1, -0.05) is 36.4 Å². The van der Waals surface area contributed by atoms with E-state index in [2.05, 4.69) is 0 Å². The summed E-state index contributed by atoms with van der Waals surface area (Å²) in [7, 11) is 1.65. The summed E-state index contributed by atoms with van der Waals surface area (Å²) in [6, 6.07) is 20.2. The second kappa shape index (κ2) is 7.95. The second-order valence-corrected chi connectivity index (χ2v) is 7.51. The second-order valence-electron chi connectivity index (χ2n) is 7.51. The van der Waals surface area contributed by atoms with Gasteiger partial charge in [-0.15, -0.1) is 0 Å². The van der Waals surface area contributed by atoms with Crippen molar-refractivity contribution in [2.45, 2.75) is 25.6 Å². The van der Waals surface area contributed by atoms with Crippen molar-refractivity contribution in [2.75, 3.05) is 13.7 Å². The summed E-state index contributed by atoms with van der Waals surface area (Å²) < 4.78 is 31.7. The zero-order chi connectivity index (χ0) is 21.4. The first-order valence-corrected chi connectivity index (χ1v) is 10.4. The number of hydrazone groups is 1. The number of ether oxygens (including phenoxy) is 3. The maximum atomic E-state index is 14.0. The Morgan fingerprint density at radius 2 is 1.94 bits per heavy atom. The van der Waals surface area contributed by atoms with Crippen LogP contribution >= 0.6 is 0 Å². The SMILES string of the molecule is CCOc1cccc2c1O[C@H](c1cccc(F)c1)N1N=C(c3cccc(OC)c3)C[C@H]21. The summed E-state index contributed by atoms with van der Waals surface area (Å²) >= 11 is 0. The third-order valence-electron chi connectivity index (χ3n) is 5.62. The van der Waals surface area contributed by atoms with Crippen LogP contribution in [0.1, 0.15) is 42.3 Å². The maximum Gasteiger partial charge on any atom is 0.214 e. The molecular formula is C25H23FN2O3. The van der Waals surface area contributed by atoms with Crippen molar-refractivity contribution >= 4 is 5.71 Å². The molecule has 2 atom stereocenters. The molecule has 0 fully saturated rings. The lowest BCUT2D eigenvalue weighted by molar-refractivity contribution is -0.0214. The van der Waals surface area contributed by atoms with Crippen LogP contribution < -0.4 is 14.2 Å². The van der Waals surface area contributed by atoms with Gasteiger partial charge in [-0.25, -0.2) is 9.40 Å². The van der Waals surface area contributed by atoms with Gasteiger partial charge in [-0.2, -0.15) is 5.10 Å². The van der Waals surface area contributed by atoms with E-state index in [4.69, 9.17) is 19.3 Å². The van der Waals surface area contributed by atoms with Crippen LogP contribution in [0.3, 0.4) is 0 Å². The third kappa shape index (κ3) is 3.48. The Balaban J connectivity index is 1.61. The highest BCUT2D eigenvalue weighted by molar-refractivity contribution is 6.02. The first-order valence-electron chi connectivity index (χ1n) is 10.4. The van der Waals surface area contributed by atoms with Gasteiger partial charge in [0, 0.05) is 23.1 Å². The van der Waals surface area contributed by atoms with Crippen LogP contribution in [0.15, 0.2) is 71.8 Å². The lowest BCUT2D eigenvalue weighted by Crippen LogP contribution is -2.34. The molecule has 0 amide bonds. The van der Waals surface area contributed by atoms with E-state index in [-0.39, 0.29) is 11.9 Å². The van der Waals surface area contributed by atoms with Crippen LogP contribution in [-0.4, -0.2) is 24.4 Å². The van der Waals surface area contributed by atoms with E-state index in [1.165, 1.54) is 12.1 Å². The number of halogens is 1. The zero-order valence-corrected chi connectivity index (χ0v) is 17.4. The van der Waals surface area contributed by atoms with E-state index in [0.717, 1.165) is 22.6 Å². The first kappa shape index (κ1) is 19.4. The summed E-state index contributed by atoms with van der Waals surface area (Å²) in [5, 5.41) is 6.86. The number of hydrogen-bond donors (Lipinski definition) is 0. The summed E-state index contributed by atoms with van der Waals surface area (Å²) in [6.45, 7) is 2.47. The molecule has 3 aromatic carbocycles. The molecule has 0 saturated heterocycles. The topological polar surface area (TPSA) is 43.3 Å². The molecule has 6 heteroatoms. The molecule has 0 aromatic heterocycles. The highest BCUT2D eigenvalue weighted by Gasteiger charge is 2.42. The molecule has 0 N–H and O–H groups in total. The van der Waals surface area contributed by atoms with Crippen LogP contribution in [0, 0.1) is 5.82 Å². The average molecular weight is 418 g/mol. The molecule has 0 radical (unpaired) electrons. The van der Waals surface area contributed by atoms with Gasteiger partial charge in [0.2, 0.25) is 6.23 Å². The van der Waals surface area contributed by atoms with E-state index in [0.29, 0.717) is 30.1 Å². The van der Waals surface area contributed by atoms with Crippen molar-refractivity contribution in [2.24, 2.45) is 5.10 Å². The normalized spacial score (nSPS) is 19.2. The number of fused-ring (bicyclic) bond motifs is 3. The highest BCUT2D eigenvalue weighted by Crippen LogP contribution is 2.50. The van der Waals surface area contributed by atoms with E-state index >= 15 is 0 Å². The monoisotopic (exact) mass is 418 g/mol.